The van der Waals surface area contributed by atoms with Gasteiger partial charge in [0.25, 0.3) is 0 Å². The molecule has 0 aliphatic heterocycles. The van der Waals surface area contributed by atoms with Crippen LogP contribution in [-0.4, -0.2) is 66.8 Å². The summed E-state index contributed by atoms with van der Waals surface area (Å²) in [5, 5.41) is 49.8. The molecule has 0 bridgehead atoms. The lowest BCUT2D eigenvalue weighted by Crippen LogP contribution is -2.63. The summed E-state index contributed by atoms with van der Waals surface area (Å²) in [6.07, 6.45) is -6.75. The fourth-order valence-corrected chi connectivity index (χ4v) is 3.20. The van der Waals surface area contributed by atoms with Crippen molar-refractivity contribution in [3.63, 3.8) is 0 Å². The molecule has 0 saturated heterocycles. The summed E-state index contributed by atoms with van der Waals surface area (Å²) in [5.41, 5.74) is 1.55. The van der Waals surface area contributed by atoms with Crippen molar-refractivity contribution in [1.29, 1.82) is 0 Å². The second-order valence-corrected chi connectivity index (χ2v) is 5.98. The van der Waals surface area contributed by atoms with Crippen LogP contribution in [0, 0.1) is 5.92 Å². The zero-order valence-electron chi connectivity index (χ0n) is 12.2. The number of aliphatic hydroxyl groups excluding tert-OH is 5. The van der Waals surface area contributed by atoms with E-state index in [2.05, 4.69) is 4.98 Å². The van der Waals surface area contributed by atoms with E-state index in [0.29, 0.717) is 5.56 Å². The van der Waals surface area contributed by atoms with Crippen molar-refractivity contribution in [3.8, 4) is 0 Å². The highest BCUT2D eigenvalue weighted by atomic mass is 16.4. The molecule has 0 spiro atoms. The number of hydrogen-bond donors (Lipinski definition) is 6. The first-order valence-corrected chi connectivity index (χ1v) is 7.40. The van der Waals surface area contributed by atoms with E-state index in [1.54, 1.807) is 6.20 Å². The zero-order valence-corrected chi connectivity index (χ0v) is 12.2. The predicted molar refractivity (Wildman–Crippen MR) is 80.5 cm³/mol. The van der Waals surface area contributed by atoms with Crippen molar-refractivity contribution in [3.05, 3.63) is 36.0 Å². The maximum atomic E-state index is 12.5. The Kier molecular flexibility index (Phi) is 4.22. The van der Waals surface area contributed by atoms with Crippen molar-refractivity contribution >= 4 is 16.7 Å². The molecular formula is C16H19NO6. The van der Waals surface area contributed by atoms with E-state index in [0.717, 1.165) is 10.9 Å². The molecule has 1 saturated carbocycles. The normalized spacial score (nSPS) is 34.7. The number of Topliss-reactive ketones (excluding diaryl/α,β-unsaturated/α-hetero) is 1. The lowest BCUT2D eigenvalue weighted by atomic mass is 9.75. The van der Waals surface area contributed by atoms with Crippen molar-refractivity contribution < 1.29 is 30.3 Å². The van der Waals surface area contributed by atoms with Crippen molar-refractivity contribution in [2.75, 3.05) is 0 Å². The molecule has 7 heteroatoms. The van der Waals surface area contributed by atoms with Crippen LogP contribution in [0.4, 0.5) is 0 Å². The van der Waals surface area contributed by atoms with Crippen LogP contribution in [0.1, 0.15) is 5.56 Å². The first-order chi connectivity index (χ1) is 10.9. The summed E-state index contributed by atoms with van der Waals surface area (Å²) in [4.78, 5) is 15.5. The molecule has 3 rings (SSSR count). The molecule has 124 valence electrons. The van der Waals surface area contributed by atoms with Gasteiger partial charge in [0, 0.05) is 23.5 Å². The van der Waals surface area contributed by atoms with Crippen molar-refractivity contribution in [2.45, 2.75) is 36.9 Å². The zero-order chi connectivity index (χ0) is 16.7. The molecule has 2 unspecified atom stereocenters. The van der Waals surface area contributed by atoms with Gasteiger partial charge in [-0.05, 0) is 11.6 Å². The van der Waals surface area contributed by atoms with Crippen LogP contribution in [0.2, 0.25) is 0 Å². The summed E-state index contributed by atoms with van der Waals surface area (Å²) in [6, 6.07) is 7.39. The SMILES string of the molecule is O=C(Cc1c[nH]c2ccccc12)C1[C@@H](O)[C@H](O)C(O)[C@@H](O)[C@H]1O. The molecule has 0 amide bonds. The van der Waals surface area contributed by atoms with Gasteiger partial charge in [-0.1, -0.05) is 18.2 Å². The van der Waals surface area contributed by atoms with Crippen LogP contribution in [0.15, 0.2) is 30.5 Å². The Morgan fingerprint density at radius 1 is 0.913 bits per heavy atom. The lowest BCUT2D eigenvalue weighted by Gasteiger charge is -2.41. The molecule has 7 nitrogen and oxygen atoms in total. The molecule has 1 fully saturated rings. The Balaban J connectivity index is 1.84. The van der Waals surface area contributed by atoms with Gasteiger partial charge in [-0.3, -0.25) is 4.79 Å². The fraction of sp³-hybridized carbons (Fsp3) is 0.438. The molecule has 1 heterocycles. The second-order valence-electron chi connectivity index (χ2n) is 5.98. The molecule has 1 aromatic heterocycles. The third kappa shape index (κ3) is 2.66. The number of H-pyrrole nitrogens is 1. The Labute approximate surface area is 131 Å². The van der Waals surface area contributed by atoms with E-state index in [4.69, 9.17) is 0 Å². The number of aliphatic hydroxyl groups is 5. The largest absolute Gasteiger partial charge is 0.389 e. The number of para-hydroxylation sites is 1. The van der Waals surface area contributed by atoms with Crippen molar-refractivity contribution in [2.24, 2.45) is 5.92 Å². The van der Waals surface area contributed by atoms with Gasteiger partial charge in [0.1, 0.15) is 24.1 Å². The standard InChI is InChI=1S/C16H19NO6/c18-10(5-7-6-17-9-4-2-1-3-8(7)9)11-12(19)14(21)16(23)15(22)13(11)20/h1-4,6,11-17,19-23H,5H2/t11?,12-,13+,14-,15-,16?/m0/s1. The van der Waals surface area contributed by atoms with Gasteiger partial charge in [-0.15, -0.1) is 0 Å². The Morgan fingerprint density at radius 2 is 1.48 bits per heavy atom. The second kappa shape index (κ2) is 6.03. The Morgan fingerprint density at radius 3 is 2.13 bits per heavy atom. The number of hydrogen-bond acceptors (Lipinski definition) is 6. The Bertz CT molecular complexity index is 697. The Hall–Kier alpha value is -1.77. The van der Waals surface area contributed by atoms with Gasteiger partial charge in [0.05, 0.1) is 18.1 Å². The minimum Gasteiger partial charge on any atom is -0.389 e. The monoisotopic (exact) mass is 321 g/mol. The summed E-state index contributed by atoms with van der Waals surface area (Å²) in [7, 11) is 0. The summed E-state index contributed by atoms with van der Waals surface area (Å²) < 4.78 is 0. The van der Waals surface area contributed by atoms with Crippen LogP contribution in [0.3, 0.4) is 0 Å². The number of ketones is 1. The number of carbonyl (C=O) groups excluding carboxylic acids is 1. The van der Waals surface area contributed by atoms with E-state index >= 15 is 0 Å². The van der Waals surface area contributed by atoms with E-state index < -0.39 is 42.2 Å². The van der Waals surface area contributed by atoms with Crippen LogP contribution >= 0.6 is 0 Å². The number of aromatic amines is 1. The average Bonchev–Trinajstić information content (AvgIpc) is 2.94. The first-order valence-electron chi connectivity index (χ1n) is 7.40. The van der Waals surface area contributed by atoms with Crippen LogP contribution in [0.25, 0.3) is 10.9 Å². The van der Waals surface area contributed by atoms with E-state index in [-0.39, 0.29) is 6.42 Å². The molecule has 6 N–H and O–H groups in total. The van der Waals surface area contributed by atoms with Gasteiger partial charge >= 0.3 is 0 Å². The quantitative estimate of drug-likeness (QED) is 0.417. The van der Waals surface area contributed by atoms with Gasteiger partial charge in [0.15, 0.2) is 0 Å². The smallest absolute Gasteiger partial charge is 0.145 e. The average molecular weight is 321 g/mol. The van der Waals surface area contributed by atoms with Gasteiger partial charge in [0.2, 0.25) is 0 Å². The third-order valence-electron chi connectivity index (χ3n) is 4.55. The number of nitrogens with one attached hydrogen (secondary N) is 1. The summed E-state index contributed by atoms with van der Waals surface area (Å²) in [5.74, 6) is -1.88. The maximum Gasteiger partial charge on any atom is 0.145 e. The number of fused-ring (bicyclic) bond motifs is 1. The number of aromatic nitrogens is 1. The number of carbonyl (C=O) groups is 1. The number of rotatable bonds is 3. The van der Waals surface area contributed by atoms with Crippen LogP contribution < -0.4 is 0 Å². The maximum absolute atomic E-state index is 12.5. The third-order valence-corrected chi connectivity index (χ3v) is 4.55. The van der Waals surface area contributed by atoms with Gasteiger partial charge in [-0.2, -0.15) is 0 Å². The van der Waals surface area contributed by atoms with Crippen molar-refractivity contribution in [1.82, 2.24) is 4.98 Å². The highest BCUT2D eigenvalue weighted by Gasteiger charge is 2.50. The topological polar surface area (TPSA) is 134 Å². The minimum absolute atomic E-state index is 0.0711. The summed E-state index contributed by atoms with van der Waals surface area (Å²) >= 11 is 0. The molecule has 2 aromatic rings. The van der Waals surface area contributed by atoms with E-state index in [9.17, 15) is 30.3 Å². The molecule has 0 radical (unpaired) electrons. The highest BCUT2D eigenvalue weighted by Crippen LogP contribution is 2.29. The lowest BCUT2D eigenvalue weighted by molar-refractivity contribution is -0.203. The summed E-state index contributed by atoms with van der Waals surface area (Å²) in [6.45, 7) is 0. The van der Waals surface area contributed by atoms with Crippen LogP contribution in [0.5, 0.6) is 0 Å². The van der Waals surface area contributed by atoms with E-state index in [1.807, 2.05) is 24.3 Å². The molecule has 23 heavy (non-hydrogen) atoms. The molecule has 6 atom stereocenters. The molecular weight excluding hydrogens is 302 g/mol. The molecule has 1 aliphatic carbocycles. The van der Waals surface area contributed by atoms with Gasteiger partial charge in [-0.25, -0.2) is 0 Å². The predicted octanol–water partition coefficient (Wildman–Crippen LogP) is -1.29. The number of benzene rings is 1. The highest BCUT2D eigenvalue weighted by molar-refractivity contribution is 5.91. The molecule has 1 aromatic carbocycles. The van der Waals surface area contributed by atoms with E-state index in [1.165, 1.54) is 0 Å². The first kappa shape index (κ1) is 16.1. The van der Waals surface area contributed by atoms with Gasteiger partial charge < -0.3 is 30.5 Å². The minimum atomic E-state index is -1.70. The molecule has 1 aliphatic rings. The fourth-order valence-electron chi connectivity index (χ4n) is 3.20. The van der Waals surface area contributed by atoms with Crippen LogP contribution in [-0.2, 0) is 11.2 Å².